The van der Waals surface area contributed by atoms with Crippen LogP contribution in [-0.4, -0.2) is 39.6 Å². The topological polar surface area (TPSA) is 121 Å². The van der Waals surface area contributed by atoms with E-state index in [1.165, 1.54) is 6.08 Å². The lowest BCUT2D eigenvalue weighted by Gasteiger charge is -2.58. The second-order valence-electron chi connectivity index (χ2n) is 12.6. The average molecular weight is 766 g/mol. The maximum atomic E-state index is 15.0. The van der Waals surface area contributed by atoms with Gasteiger partial charge in [0.1, 0.15) is 11.8 Å². The van der Waals surface area contributed by atoms with Crippen molar-refractivity contribution in [1.82, 2.24) is 0 Å². The molecule has 3 fully saturated rings. The molecule has 10 rings (SSSR count). The van der Waals surface area contributed by atoms with Gasteiger partial charge in [-0.1, -0.05) is 68.3 Å². The van der Waals surface area contributed by atoms with Crippen molar-refractivity contribution in [3.8, 4) is 0 Å². The highest BCUT2D eigenvalue weighted by molar-refractivity contribution is 9.10. The molecule has 3 heterocycles. The molecular weight excluding hydrogens is 744 g/mol. The van der Waals surface area contributed by atoms with Crippen molar-refractivity contribution in [2.24, 2.45) is 23.7 Å². The van der Waals surface area contributed by atoms with Gasteiger partial charge in [0.25, 0.3) is 5.54 Å². The van der Waals surface area contributed by atoms with E-state index in [1.807, 2.05) is 53.4 Å². The quantitative estimate of drug-likeness (QED) is 0.139. The molecule has 236 valence electrons. The van der Waals surface area contributed by atoms with Crippen LogP contribution in [0.4, 0.5) is 22.7 Å². The van der Waals surface area contributed by atoms with Crippen molar-refractivity contribution in [2.45, 2.75) is 11.1 Å². The molecule has 0 aromatic heterocycles. The lowest BCUT2D eigenvalue weighted by atomic mass is 9.44. The van der Waals surface area contributed by atoms with E-state index >= 15 is 9.59 Å². The SMILES string of the molecule is O=C1[C@@H]2[C@H](C(=O)N1c1ccc(Br)cc1)C1([N+](=O)[O-])C=C3c4ccccc4N(c4ccccc4)C32[C@H]2C(=O)N(c3ccc(Br)cc3)C(=O)[C@H]21. The van der Waals surface area contributed by atoms with Gasteiger partial charge in [0, 0.05) is 30.8 Å². The summed E-state index contributed by atoms with van der Waals surface area (Å²) in [5.74, 6) is -8.76. The van der Waals surface area contributed by atoms with E-state index in [-0.39, 0.29) is 11.4 Å². The Labute approximate surface area is 290 Å². The number of carbonyl (C=O) groups excluding carboxylic acids is 4. The van der Waals surface area contributed by atoms with E-state index in [0.717, 1.165) is 9.80 Å². The normalized spacial score (nSPS) is 29.5. The Morgan fingerprint density at radius 2 is 1.04 bits per heavy atom. The lowest BCUT2D eigenvalue weighted by molar-refractivity contribution is -0.577. The number of hydrogen-bond acceptors (Lipinski definition) is 7. The number of imide groups is 2. The first-order valence-corrected chi connectivity index (χ1v) is 16.8. The standard InChI is InChI=1S/C36H22Br2N4O6/c37-19-10-14-21(15-11-19)39-31(43)27-29(33(39)45)36-25(24-8-4-5-9-26(24)41(36)23-6-2-1-3-7-23)18-35(27,42(47)48)28-30(36)34(46)40(32(28)44)22-16-12-20(38)13-17-22/h1-18,27-30H/t27-,28+,29+,30-,35?,36?. The summed E-state index contributed by atoms with van der Waals surface area (Å²) in [5, 5.41) is 13.7. The first-order chi connectivity index (χ1) is 23.1. The zero-order valence-electron chi connectivity index (χ0n) is 24.7. The van der Waals surface area contributed by atoms with Crippen molar-refractivity contribution in [2.75, 3.05) is 14.7 Å². The van der Waals surface area contributed by atoms with E-state index < -0.39 is 63.3 Å². The fraction of sp³-hybridized carbons (Fsp3) is 0.167. The number of para-hydroxylation sites is 2. The zero-order valence-corrected chi connectivity index (χ0v) is 27.9. The number of amides is 4. The van der Waals surface area contributed by atoms with Gasteiger partial charge in [-0.3, -0.25) is 29.3 Å². The van der Waals surface area contributed by atoms with Crippen molar-refractivity contribution in [3.63, 3.8) is 0 Å². The molecule has 1 spiro atoms. The molecule has 2 unspecified atom stereocenters. The second-order valence-corrected chi connectivity index (χ2v) is 14.4. The summed E-state index contributed by atoms with van der Waals surface area (Å²) < 4.78 is 1.43. The Morgan fingerprint density at radius 3 is 1.54 bits per heavy atom. The molecule has 1 saturated carbocycles. The minimum Gasteiger partial charge on any atom is -0.329 e. The number of nitro groups is 1. The van der Waals surface area contributed by atoms with Gasteiger partial charge in [-0.05, 0) is 78.4 Å². The van der Waals surface area contributed by atoms with E-state index in [0.29, 0.717) is 31.5 Å². The fourth-order valence-electron chi connectivity index (χ4n) is 9.09. The van der Waals surface area contributed by atoms with Crippen molar-refractivity contribution in [3.05, 3.63) is 134 Å². The van der Waals surface area contributed by atoms with E-state index in [4.69, 9.17) is 0 Å². The molecule has 6 atom stereocenters. The Hall–Kier alpha value is -4.94. The average Bonchev–Trinajstić information content (AvgIpc) is 3.65. The number of carbonyl (C=O) groups is 4. The van der Waals surface area contributed by atoms with Crippen molar-refractivity contribution < 1.29 is 24.1 Å². The monoisotopic (exact) mass is 764 g/mol. The van der Waals surface area contributed by atoms with Gasteiger partial charge in [0.2, 0.25) is 23.6 Å². The first-order valence-electron chi connectivity index (χ1n) is 15.2. The molecule has 3 aliphatic heterocycles. The van der Waals surface area contributed by atoms with Crippen LogP contribution in [0.1, 0.15) is 5.56 Å². The highest BCUT2D eigenvalue weighted by Gasteiger charge is 2.88. The van der Waals surface area contributed by atoms with Crippen LogP contribution in [0, 0.1) is 33.8 Å². The van der Waals surface area contributed by atoms with Gasteiger partial charge in [0.15, 0.2) is 0 Å². The van der Waals surface area contributed by atoms with Crippen LogP contribution >= 0.6 is 31.9 Å². The Bertz CT molecular complexity index is 2080. The maximum Gasteiger partial charge on any atom is 0.265 e. The Balaban J connectivity index is 1.39. The molecule has 6 aliphatic rings. The van der Waals surface area contributed by atoms with Gasteiger partial charge >= 0.3 is 0 Å². The smallest absolute Gasteiger partial charge is 0.265 e. The molecule has 2 bridgehead atoms. The summed E-state index contributed by atoms with van der Waals surface area (Å²) in [6.45, 7) is 0. The summed E-state index contributed by atoms with van der Waals surface area (Å²) in [6, 6.07) is 29.5. The molecule has 2 saturated heterocycles. The zero-order chi connectivity index (χ0) is 33.3. The van der Waals surface area contributed by atoms with E-state index in [1.54, 1.807) is 54.6 Å². The predicted molar refractivity (Wildman–Crippen MR) is 183 cm³/mol. The van der Waals surface area contributed by atoms with Crippen molar-refractivity contribution in [1.29, 1.82) is 0 Å². The van der Waals surface area contributed by atoms with Gasteiger partial charge in [-0.25, -0.2) is 9.80 Å². The molecule has 48 heavy (non-hydrogen) atoms. The van der Waals surface area contributed by atoms with E-state index in [2.05, 4.69) is 31.9 Å². The summed E-state index contributed by atoms with van der Waals surface area (Å²) >= 11 is 6.78. The molecule has 4 amide bonds. The number of anilines is 4. The number of fused-ring (bicyclic) bond motifs is 1. The summed E-state index contributed by atoms with van der Waals surface area (Å²) in [4.78, 5) is 76.5. The summed E-state index contributed by atoms with van der Waals surface area (Å²) in [5.41, 5.74) is -1.29. The van der Waals surface area contributed by atoms with Crippen LogP contribution < -0.4 is 14.7 Å². The molecule has 4 aromatic carbocycles. The maximum absolute atomic E-state index is 15.0. The van der Waals surface area contributed by atoms with Crippen LogP contribution in [0.15, 0.2) is 118 Å². The van der Waals surface area contributed by atoms with Crippen molar-refractivity contribution >= 4 is 83.8 Å². The molecule has 12 heteroatoms. The van der Waals surface area contributed by atoms with E-state index in [9.17, 15) is 19.7 Å². The molecule has 4 aromatic rings. The largest absolute Gasteiger partial charge is 0.329 e. The fourth-order valence-corrected chi connectivity index (χ4v) is 9.62. The number of halogens is 2. The van der Waals surface area contributed by atoms with Crippen LogP contribution in [0.2, 0.25) is 0 Å². The molecule has 3 aliphatic carbocycles. The highest BCUT2D eigenvalue weighted by atomic mass is 79.9. The summed E-state index contributed by atoms with van der Waals surface area (Å²) in [7, 11) is 0. The lowest BCUT2D eigenvalue weighted by Crippen LogP contribution is -2.76. The van der Waals surface area contributed by atoms with Crippen LogP contribution in [0.25, 0.3) is 5.57 Å². The third-order valence-corrected chi connectivity index (χ3v) is 11.7. The Kier molecular flexibility index (Phi) is 5.97. The second kappa shape index (κ2) is 9.80. The Morgan fingerprint density at radius 1 is 0.583 bits per heavy atom. The summed E-state index contributed by atoms with van der Waals surface area (Å²) in [6.07, 6.45) is 1.43. The third kappa shape index (κ3) is 3.31. The molecule has 0 radical (unpaired) electrons. The predicted octanol–water partition coefficient (Wildman–Crippen LogP) is 6.14. The van der Waals surface area contributed by atoms with Gasteiger partial charge in [-0.15, -0.1) is 0 Å². The van der Waals surface area contributed by atoms with Crippen LogP contribution in [0.5, 0.6) is 0 Å². The molecule has 0 N–H and O–H groups in total. The first kappa shape index (κ1) is 29.2. The minimum atomic E-state index is -2.39. The number of hydrogen-bond donors (Lipinski definition) is 0. The molecular formula is C36H22Br2N4O6. The van der Waals surface area contributed by atoms with Gasteiger partial charge < -0.3 is 4.90 Å². The molecule has 10 nitrogen and oxygen atoms in total. The van der Waals surface area contributed by atoms with Crippen LogP contribution in [0.3, 0.4) is 0 Å². The number of rotatable bonds is 4. The number of benzene rings is 4. The highest BCUT2D eigenvalue weighted by Crippen LogP contribution is 2.73. The minimum absolute atomic E-state index is 0.250. The van der Waals surface area contributed by atoms with Crippen LogP contribution in [-0.2, 0) is 19.2 Å². The number of nitrogens with zero attached hydrogens (tertiary/aromatic N) is 4. The third-order valence-electron chi connectivity index (χ3n) is 10.7. The van der Waals surface area contributed by atoms with Gasteiger partial charge in [-0.2, -0.15) is 0 Å². The van der Waals surface area contributed by atoms with Gasteiger partial charge in [0.05, 0.1) is 28.7 Å².